The largest absolute Gasteiger partial charge is 0.309 e. The molecule has 0 spiro atoms. The highest BCUT2D eigenvalue weighted by Crippen LogP contribution is 2.42. The molecule has 256 valence electrons. The maximum atomic E-state index is 5.32. The summed E-state index contributed by atoms with van der Waals surface area (Å²) in [6.45, 7) is 0. The standard InChI is InChI=1S/C50H30N4S/c1-3-13-33(14-4-1)48-49-41(27-28-55-49)51-50(52-48)54-42-24-22-34(29-40(42)47-38-18-10-8-12-32(38)21-26-44(47)54)35-19-23-39-45(30-35)53(36-15-5-2-6-16-36)43-25-20-31-11-7-9-17-37(31)46(39)43/h1-30H. The summed E-state index contributed by atoms with van der Waals surface area (Å²) in [6.07, 6.45) is 0. The normalized spacial score (nSPS) is 12.0. The molecule has 0 aliphatic rings. The molecule has 5 heteroatoms. The average molecular weight is 719 g/mol. The lowest BCUT2D eigenvalue weighted by Gasteiger charge is -2.10. The fraction of sp³-hybridized carbons (Fsp3) is 0. The van der Waals surface area contributed by atoms with Gasteiger partial charge in [-0.1, -0.05) is 127 Å². The van der Waals surface area contributed by atoms with Crippen LogP contribution in [0.2, 0.25) is 0 Å². The summed E-state index contributed by atoms with van der Waals surface area (Å²) in [5, 5.41) is 12.0. The maximum absolute atomic E-state index is 5.32. The highest BCUT2D eigenvalue weighted by atomic mass is 32.1. The Morgan fingerprint density at radius 3 is 1.78 bits per heavy atom. The van der Waals surface area contributed by atoms with Crippen molar-refractivity contribution >= 4 is 86.7 Å². The van der Waals surface area contributed by atoms with Crippen LogP contribution >= 0.6 is 11.3 Å². The molecule has 4 nitrogen and oxygen atoms in total. The van der Waals surface area contributed by atoms with E-state index in [0.29, 0.717) is 5.95 Å². The third-order valence-corrected chi connectivity index (χ3v) is 12.1. The molecule has 12 rings (SSSR count). The first-order chi connectivity index (χ1) is 27.3. The van der Waals surface area contributed by atoms with Gasteiger partial charge in [-0.15, -0.1) is 11.3 Å². The summed E-state index contributed by atoms with van der Waals surface area (Å²) >= 11 is 1.69. The van der Waals surface area contributed by atoms with Crippen LogP contribution < -0.4 is 0 Å². The van der Waals surface area contributed by atoms with E-state index in [-0.39, 0.29) is 0 Å². The second-order valence-electron chi connectivity index (χ2n) is 14.2. The molecule has 0 aliphatic carbocycles. The van der Waals surface area contributed by atoms with Crippen LogP contribution in [-0.2, 0) is 0 Å². The summed E-state index contributed by atoms with van der Waals surface area (Å²) in [6, 6.07) is 63.5. The van der Waals surface area contributed by atoms with Gasteiger partial charge in [0.25, 0.3) is 0 Å². The van der Waals surface area contributed by atoms with Gasteiger partial charge in [0, 0.05) is 32.8 Å². The first kappa shape index (κ1) is 30.4. The average Bonchev–Trinajstić information content (AvgIpc) is 3.96. The van der Waals surface area contributed by atoms with E-state index < -0.39 is 0 Å². The molecule has 4 heterocycles. The van der Waals surface area contributed by atoms with Crippen LogP contribution in [0.3, 0.4) is 0 Å². The summed E-state index contributed by atoms with van der Waals surface area (Å²) in [5.74, 6) is 0.675. The van der Waals surface area contributed by atoms with Crippen LogP contribution in [0.15, 0.2) is 181 Å². The fourth-order valence-corrected chi connectivity index (χ4v) is 9.59. The summed E-state index contributed by atoms with van der Waals surface area (Å²) in [7, 11) is 0. The SMILES string of the molecule is c1ccc(-c2nc(-n3c4ccc(-c5ccc6c7c8ccccc8ccc7n(-c7ccccc7)c6c5)cc4c4c5ccccc5ccc43)nc3ccsc23)cc1. The van der Waals surface area contributed by atoms with Gasteiger partial charge in [-0.3, -0.25) is 4.57 Å². The number of aromatic nitrogens is 4. The minimum Gasteiger partial charge on any atom is -0.309 e. The van der Waals surface area contributed by atoms with Crippen molar-refractivity contribution in [2.75, 3.05) is 0 Å². The second-order valence-corrected chi connectivity index (χ2v) is 15.1. The minimum atomic E-state index is 0.675. The number of hydrogen-bond donors (Lipinski definition) is 0. The molecular formula is C50H30N4S. The quantitative estimate of drug-likeness (QED) is 0.182. The zero-order chi connectivity index (χ0) is 36.0. The van der Waals surface area contributed by atoms with E-state index >= 15 is 0 Å². The van der Waals surface area contributed by atoms with Crippen molar-refractivity contribution in [2.24, 2.45) is 0 Å². The van der Waals surface area contributed by atoms with Crippen LogP contribution in [0.4, 0.5) is 0 Å². The highest BCUT2D eigenvalue weighted by molar-refractivity contribution is 7.17. The highest BCUT2D eigenvalue weighted by Gasteiger charge is 2.21. The predicted octanol–water partition coefficient (Wildman–Crippen LogP) is 13.5. The molecule has 8 aromatic carbocycles. The Balaban J connectivity index is 1.13. The predicted molar refractivity (Wildman–Crippen MR) is 232 cm³/mol. The van der Waals surface area contributed by atoms with Crippen LogP contribution in [-0.4, -0.2) is 19.1 Å². The van der Waals surface area contributed by atoms with Crippen molar-refractivity contribution in [2.45, 2.75) is 0 Å². The maximum Gasteiger partial charge on any atom is 0.235 e. The molecule has 0 bridgehead atoms. The smallest absolute Gasteiger partial charge is 0.235 e. The van der Waals surface area contributed by atoms with E-state index in [2.05, 4.69) is 184 Å². The molecule has 0 N–H and O–H groups in total. The Kier molecular flexibility index (Phi) is 6.47. The van der Waals surface area contributed by atoms with Gasteiger partial charge in [0.05, 0.1) is 38.0 Å². The number of thiophene rings is 1. The Morgan fingerprint density at radius 1 is 0.400 bits per heavy atom. The van der Waals surface area contributed by atoms with Crippen molar-refractivity contribution in [3.8, 4) is 34.0 Å². The number of rotatable bonds is 4. The topological polar surface area (TPSA) is 35.6 Å². The molecule has 0 saturated heterocycles. The van der Waals surface area contributed by atoms with Crippen molar-refractivity contribution in [3.63, 3.8) is 0 Å². The van der Waals surface area contributed by atoms with Crippen molar-refractivity contribution in [1.29, 1.82) is 0 Å². The first-order valence-corrected chi connectivity index (χ1v) is 19.5. The van der Waals surface area contributed by atoms with E-state index in [9.17, 15) is 0 Å². The Hall–Kier alpha value is -7.08. The minimum absolute atomic E-state index is 0.675. The van der Waals surface area contributed by atoms with E-state index in [0.717, 1.165) is 43.8 Å². The first-order valence-electron chi connectivity index (χ1n) is 18.6. The lowest BCUT2D eigenvalue weighted by molar-refractivity contribution is 1.02. The molecular weight excluding hydrogens is 689 g/mol. The van der Waals surface area contributed by atoms with E-state index in [1.807, 2.05) is 6.07 Å². The zero-order valence-corrected chi connectivity index (χ0v) is 30.3. The van der Waals surface area contributed by atoms with Gasteiger partial charge in [0.2, 0.25) is 5.95 Å². The van der Waals surface area contributed by atoms with E-state index in [4.69, 9.17) is 9.97 Å². The van der Waals surface area contributed by atoms with Crippen LogP contribution in [0.1, 0.15) is 0 Å². The van der Waals surface area contributed by atoms with Gasteiger partial charge in [0.1, 0.15) is 0 Å². The molecule has 0 fully saturated rings. The number of nitrogens with zero attached hydrogens (tertiary/aromatic N) is 4. The molecule has 0 atom stereocenters. The zero-order valence-electron chi connectivity index (χ0n) is 29.5. The van der Waals surface area contributed by atoms with Crippen molar-refractivity contribution in [1.82, 2.24) is 19.1 Å². The van der Waals surface area contributed by atoms with Crippen LogP contribution in [0.25, 0.3) is 109 Å². The number of fused-ring (bicyclic) bond motifs is 11. The van der Waals surface area contributed by atoms with Crippen molar-refractivity contribution in [3.05, 3.63) is 181 Å². The second kappa shape index (κ2) is 11.7. The van der Waals surface area contributed by atoms with E-state index in [1.54, 1.807) is 11.3 Å². The summed E-state index contributed by atoms with van der Waals surface area (Å²) < 4.78 is 5.77. The Labute approximate surface area is 319 Å². The third-order valence-electron chi connectivity index (χ3n) is 11.2. The molecule has 0 unspecified atom stereocenters. The van der Waals surface area contributed by atoms with Gasteiger partial charge in [-0.05, 0) is 86.6 Å². The molecule has 0 radical (unpaired) electrons. The van der Waals surface area contributed by atoms with Crippen LogP contribution in [0.5, 0.6) is 0 Å². The lowest BCUT2D eigenvalue weighted by atomic mass is 9.98. The Morgan fingerprint density at radius 2 is 1.02 bits per heavy atom. The van der Waals surface area contributed by atoms with Gasteiger partial charge < -0.3 is 4.57 Å². The molecule has 55 heavy (non-hydrogen) atoms. The summed E-state index contributed by atoms with van der Waals surface area (Å²) in [5.41, 5.74) is 11.0. The number of benzene rings is 8. The molecule has 0 aliphatic heterocycles. The monoisotopic (exact) mass is 718 g/mol. The van der Waals surface area contributed by atoms with Gasteiger partial charge >= 0.3 is 0 Å². The number of para-hydroxylation sites is 1. The molecule has 4 aromatic heterocycles. The summed E-state index contributed by atoms with van der Waals surface area (Å²) in [4.78, 5) is 10.5. The molecule has 12 aromatic rings. The third kappa shape index (κ3) is 4.51. The lowest BCUT2D eigenvalue weighted by Crippen LogP contribution is -2.02. The van der Waals surface area contributed by atoms with E-state index in [1.165, 1.54) is 59.7 Å². The Bertz CT molecular complexity index is 3480. The molecule has 0 amide bonds. The van der Waals surface area contributed by atoms with Gasteiger partial charge in [-0.25, -0.2) is 9.97 Å². The van der Waals surface area contributed by atoms with Gasteiger partial charge in [-0.2, -0.15) is 0 Å². The molecule has 0 saturated carbocycles. The van der Waals surface area contributed by atoms with Crippen LogP contribution in [0, 0.1) is 0 Å². The van der Waals surface area contributed by atoms with Gasteiger partial charge in [0.15, 0.2) is 0 Å². The number of hydrogen-bond acceptors (Lipinski definition) is 3. The fourth-order valence-electron chi connectivity index (χ4n) is 8.75. The van der Waals surface area contributed by atoms with Crippen molar-refractivity contribution < 1.29 is 0 Å².